The number of aliphatic hydroxyl groups excluding tert-OH is 1. The highest BCUT2D eigenvalue weighted by Gasteiger charge is 2.66. The van der Waals surface area contributed by atoms with Crippen molar-refractivity contribution in [2.75, 3.05) is 36.1 Å². The highest BCUT2D eigenvalue weighted by Crippen LogP contribution is 2.59. The summed E-state index contributed by atoms with van der Waals surface area (Å²) in [6, 6.07) is 11.6. The van der Waals surface area contributed by atoms with Gasteiger partial charge in [0.2, 0.25) is 5.91 Å². The summed E-state index contributed by atoms with van der Waals surface area (Å²) < 4.78 is 6.67. The zero-order chi connectivity index (χ0) is 29.0. The highest BCUT2D eigenvalue weighted by atomic mass is 28.4. The van der Waals surface area contributed by atoms with Crippen LogP contribution in [-0.4, -0.2) is 73.2 Å². The van der Waals surface area contributed by atoms with Crippen molar-refractivity contribution in [1.29, 1.82) is 0 Å². The Hall–Kier alpha value is -3.25. The summed E-state index contributed by atoms with van der Waals surface area (Å²) >= 11 is 0. The zero-order valence-corrected chi connectivity index (χ0v) is 24.4. The minimum Gasteiger partial charge on any atom is -0.432 e. The van der Waals surface area contributed by atoms with Crippen molar-refractivity contribution in [3.63, 3.8) is 0 Å². The molecule has 0 aliphatic carbocycles. The molecule has 3 aliphatic rings. The van der Waals surface area contributed by atoms with Crippen molar-refractivity contribution in [2.24, 2.45) is 5.92 Å². The van der Waals surface area contributed by atoms with Gasteiger partial charge < -0.3 is 35.5 Å². The third-order valence-electron chi connectivity index (χ3n) is 8.83. The molecule has 0 radical (unpaired) electrons. The largest absolute Gasteiger partial charge is 0.432 e. The van der Waals surface area contributed by atoms with Crippen molar-refractivity contribution >= 4 is 43.1 Å². The Balaban J connectivity index is 1.49. The van der Waals surface area contributed by atoms with Crippen LogP contribution < -0.4 is 16.0 Å². The van der Waals surface area contributed by atoms with Crippen molar-refractivity contribution in [3.8, 4) is 0 Å². The van der Waals surface area contributed by atoms with Gasteiger partial charge in [-0.05, 0) is 68.4 Å². The number of ether oxygens (including phenoxy) is 1. The number of likely N-dealkylation sites (tertiary alicyclic amines) is 1. The molecular weight excluding hydrogens is 528 g/mol. The van der Waals surface area contributed by atoms with Crippen LogP contribution in [0.4, 0.5) is 17.1 Å². The molecule has 2 fully saturated rings. The smallest absolute Gasteiger partial charge is 0.264 e. The molecule has 40 heavy (non-hydrogen) atoms. The molecule has 3 heterocycles. The van der Waals surface area contributed by atoms with Gasteiger partial charge in [-0.15, -0.1) is 0 Å². The van der Waals surface area contributed by atoms with Gasteiger partial charge in [0, 0.05) is 47.6 Å². The van der Waals surface area contributed by atoms with E-state index in [0.717, 1.165) is 12.8 Å². The number of nitrogens with zero attached hydrogens (tertiary/aromatic N) is 2. The quantitative estimate of drug-likeness (QED) is 0.311. The second kappa shape index (κ2) is 10.3. The molecule has 214 valence electrons. The summed E-state index contributed by atoms with van der Waals surface area (Å²) in [6.45, 7) is 6.01. The van der Waals surface area contributed by atoms with Crippen LogP contribution in [0.1, 0.15) is 42.1 Å². The minimum absolute atomic E-state index is 0.0180. The number of aliphatic hydroxyl groups is 1. The average molecular weight is 567 g/mol. The number of carbonyl (C=O) groups excluding carboxylic acids is 3. The molecule has 3 aliphatic heterocycles. The molecule has 10 nitrogen and oxygen atoms in total. The van der Waals surface area contributed by atoms with E-state index in [1.54, 1.807) is 59.3 Å². The lowest BCUT2D eigenvalue weighted by Crippen LogP contribution is -2.45. The van der Waals surface area contributed by atoms with Gasteiger partial charge in [0.05, 0.1) is 30.9 Å². The van der Waals surface area contributed by atoms with Crippen molar-refractivity contribution in [1.82, 2.24) is 4.90 Å². The van der Waals surface area contributed by atoms with Gasteiger partial charge in [-0.25, -0.2) is 0 Å². The van der Waals surface area contributed by atoms with Gasteiger partial charge in [-0.2, -0.15) is 0 Å². The first-order valence-corrected chi connectivity index (χ1v) is 16.8. The van der Waals surface area contributed by atoms with Gasteiger partial charge >= 0.3 is 0 Å². The monoisotopic (exact) mass is 566 g/mol. The van der Waals surface area contributed by atoms with Gasteiger partial charge in [-0.1, -0.05) is 6.92 Å². The van der Waals surface area contributed by atoms with Crippen LogP contribution in [0.2, 0.25) is 18.6 Å². The lowest BCUT2D eigenvalue weighted by Gasteiger charge is -2.32. The first-order valence-electron chi connectivity index (χ1n) is 13.8. The fraction of sp³-hybridized carbons (Fsp3) is 0.483. The molecule has 1 spiro atoms. The van der Waals surface area contributed by atoms with Crippen LogP contribution in [0, 0.1) is 5.92 Å². The molecule has 11 heteroatoms. The summed E-state index contributed by atoms with van der Waals surface area (Å²) in [5, 5.41) is 12.6. The Kier molecular flexibility index (Phi) is 7.28. The number of carbonyl (C=O) groups is 3. The minimum atomic E-state index is -2.93. The highest BCUT2D eigenvalue weighted by molar-refractivity contribution is 6.71. The number of amides is 3. The SMILES string of the molecule is C[C@H]1[C@H]([Si](C)(C)O)[C@@H](CC(=O)N2CCC[C@H]2CO)O[C@]12C(=O)N(C)c1ccc(NC(=O)c3ccc(N)cc3)cc12. The third-order valence-corrected chi connectivity index (χ3v) is 11.3. The third kappa shape index (κ3) is 4.60. The van der Waals surface area contributed by atoms with E-state index in [-0.39, 0.29) is 36.8 Å². The predicted molar refractivity (Wildman–Crippen MR) is 154 cm³/mol. The first-order chi connectivity index (χ1) is 18.9. The molecule has 2 aromatic carbocycles. The van der Waals surface area contributed by atoms with Gasteiger partial charge in [0.15, 0.2) is 13.9 Å². The van der Waals surface area contributed by atoms with Gasteiger partial charge in [0.1, 0.15) is 0 Å². The summed E-state index contributed by atoms with van der Waals surface area (Å²) in [7, 11) is -1.25. The molecule has 2 aromatic rings. The molecule has 0 unspecified atom stereocenters. The Morgan fingerprint density at radius 3 is 2.55 bits per heavy atom. The number of nitrogens with one attached hydrogen (secondary N) is 1. The summed E-state index contributed by atoms with van der Waals surface area (Å²) in [5.74, 6) is -1.15. The Bertz CT molecular complexity index is 1330. The molecule has 5 atom stereocenters. The maximum Gasteiger partial charge on any atom is 0.264 e. The second-order valence-electron chi connectivity index (χ2n) is 11.8. The summed E-state index contributed by atoms with van der Waals surface area (Å²) in [5.41, 5.74) is 6.70. The number of anilines is 3. The van der Waals surface area contributed by atoms with Crippen molar-refractivity contribution in [3.05, 3.63) is 53.6 Å². The van der Waals surface area contributed by atoms with E-state index in [2.05, 4.69) is 5.32 Å². The number of nitrogens with two attached hydrogens (primary N) is 1. The standard InChI is InChI=1S/C29H38N4O6Si/c1-17-26(40(3,4)38)24(15-25(35)33-13-5-6-21(33)16-34)39-29(17)22-14-20(11-12-23(22)32(2)28(29)37)31-27(36)18-7-9-19(30)10-8-18/h7-12,14,17,21,24,26,34,38H,5-6,13,15-16,30H2,1-4H3,(H,31,36)/t17-,21-,24+,26-,29+/m0/s1. The first kappa shape index (κ1) is 28.3. The van der Waals surface area contributed by atoms with Crippen LogP contribution >= 0.6 is 0 Å². The number of likely N-dealkylation sites (N-methyl/N-ethyl adjacent to an activating group) is 1. The predicted octanol–water partition coefficient (Wildman–Crippen LogP) is 2.67. The number of fused-ring (bicyclic) bond motifs is 2. The van der Waals surface area contributed by atoms with E-state index >= 15 is 0 Å². The van der Waals surface area contributed by atoms with E-state index in [1.165, 1.54) is 0 Å². The fourth-order valence-electron chi connectivity index (χ4n) is 6.94. The second-order valence-corrected chi connectivity index (χ2v) is 15.8. The molecular formula is C29H38N4O6Si. The van der Waals surface area contributed by atoms with E-state index in [9.17, 15) is 24.3 Å². The molecule has 0 bridgehead atoms. The fourth-order valence-corrected chi connectivity index (χ4v) is 9.50. The molecule has 0 aromatic heterocycles. The lowest BCUT2D eigenvalue weighted by atomic mass is 9.82. The molecule has 5 N–H and O–H groups in total. The normalized spacial score (nSPS) is 27.9. The van der Waals surface area contributed by atoms with Crippen molar-refractivity contribution < 1.29 is 29.0 Å². The number of hydrogen-bond donors (Lipinski definition) is 4. The zero-order valence-electron chi connectivity index (χ0n) is 23.4. The van der Waals surface area contributed by atoms with E-state index in [1.807, 2.05) is 20.0 Å². The maximum absolute atomic E-state index is 13.9. The Morgan fingerprint density at radius 2 is 1.90 bits per heavy atom. The van der Waals surface area contributed by atoms with E-state index in [4.69, 9.17) is 10.5 Å². The average Bonchev–Trinajstić information content (AvgIpc) is 3.55. The molecule has 2 saturated heterocycles. The number of hydrogen-bond acceptors (Lipinski definition) is 7. The van der Waals surface area contributed by atoms with Crippen LogP contribution in [0.5, 0.6) is 0 Å². The van der Waals surface area contributed by atoms with Crippen LogP contribution in [0.15, 0.2) is 42.5 Å². The maximum atomic E-state index is 13.9. The Labute approximate surface area is 235 Å². The summed E-state index contributed by atoms with van der Waals surface area (Å²) in [4.78, 5) is 54.9. The van der Waals surface area contributed by atoms with Gasteiger partial charge in [-0.3, -0.25) is 14.4 Å². The van der Waals surface area contributed by atoms with E-state index in [0.29, 0.717) is 34.7 Å². The number of nitrogen functional groups attached to an aromatic ring is 1. The molecule has 3 amide bonds. The lowest BCUT2D eigenvalue weighted by molar-refractivity contribution is -0.149. The van der Waals surface area contributed by atoms with Crippen LogP contribution in [0.25, 0.3) is 0 Å². The number of rotatable bonds is 6. The summed E-state index contributed by atoms with van der Waals surface area (Å²) in [6.07, 6.45) is 0.919. The van der Waals surface area contributed by atoms with Crippen molar-refractivity contribution in [2.45, 2.75) is 62.6 Å². The van der Waals surface area contributed by atoms with Crippen LogP contribution in [-0.2, 0) is 19.9 Å². The van der Waals surface area contributed by atoms with Crippen LogP contribution in [0.3, 0.4) is 0 Å². The number of benzene rings is 2. The Morgan fingerprint density at radius 1 is 1.20 bits per heavy atom. The van der Waals surface area contributed by atoms with Gasteiger partial charge in [0.25, 0.3) is 11.8 Å². The topological polar surface area (TPSA) is 145 Å². The molecule has 5 rings (SSSR count). The molecule has 0 saturated carbocycles. The van der Waals surface area contributed by atoms with E-state index < -0.39 is 31.5 Å².